The van der Waals surface area contributed by atoms with Crippen LogP contribution in [0.1, 0.15) is 11.5 Å². The molecule has 0 spiro atoms. The Morgan fingerprint density at radius 1 is 0.397 bits per heavy atom. The van der Waals surface area contributed by atoms with Gasteiger partial charge >= 0.3 is 0 Å². The number of nitrogens with zero attached hydrogens (tertiary/aromatic N) is 4. The van der Waals surface area contributed by atoms with E-state index in [0.717, 1.165) is 22.7 Å². The lowest BCUT2D eigenvalue weighted by molar-refractivity contribution is 0.745. The van der Waals surface area contributed by atoms with Gasteiger partial charge in [0.1, 0.15) is 0 Å². The summed E-state index contributed by atoms with van der Waals surface area (Å²) in [5.41, 5.74) is 14.4. The number of hydrogen-bond acceptors (Lipinski definition) is 2. The van der Waals surface area contributed by atoms with Crippen molar-refractivity contribution in [2.24, 2.45) is 0 Å². The second-order valence-electron chi connectivity index (χ2n) is 15.7. The fourth-order valence-electron chi connectivity index (χ4n) is 10.3. The topological polar surface area (TPSA) is 15.8 Å². The molecule has 0 saturated carbocycles. The van der Waals surface area contributed by atoms with Gasteiger partial charge in [0.05, 0.1) is 33.6 Å². The molecule has 11 aromatic rings. The third kappa shape index (κ3) is 4.34. The smallest absolute Gasteiger partial charge is 0.0629 e. The highest BCUT2D eigenvalue weighted by molar-refractivity contribution is 6.23. The number of para-hydroxylation sites is 5. The van der Waals surface area contributed by atoms with Gasteiger partial charge < -0.3 is 18.8 Å². The van der Waals surface area contributed by atoms with Gasteiger partial charge in [-0.15, -0.1) is 0 Å². The van der Waals surface area contributed by atoms with Crippen molar-refractivity contribution < 1.29 is 0 Å². The molecule has 0 amide bonds. The average molecular weight is 741 g/mol. The normalized spacial score (nSPS) is 16.1. The number of allylic oxidation sites excluding steroid dienone is 2. The van der Waals surface area contributed by atoms with Crippen molar-refractivity contribution in [1.82, 2.24) is 8.97 Å². The fraction of sp³-hybridized carbons (Fsp3) is 0.0370. The first-order valence-electron chi connectivity index (χ1n) is 20.2. The molecule has 0 N–H and O–H groups in total. The van der Waals surface area contributed by atoms with Crippen LogP contribution in [0, 0.1) is 0 Å². The minimum absolute atomic E-state index is 0.215. The fourth-order valence-corrected chi connectivity index (χ4v) is 10.3. The van der Waals surface area contributed by atoms with Crippen LogP contribution in [-0.2, 0) is 0 Å². The van der Waals surface area contributed by atoms with Crippen molar-refractivity contribution in [3.63, 3.8) is 0 Å². The molecule has 8 aromatic carbocycles. The van der Waals surface area contributed by atoms with Crippen LogP contribution in [-0.4, -0.2) is 15.0 Å². The summed E-state index contributed by atoms with van der Waals surface area (Å²) >= 11 is 0. The van der Waals surface area contributed by atoms with Gasteiger partial charge in [0.25, 0.3) is 0 Å². The minimum atomic E-state index is 0.215. The molecule has 58 heavy (non-hydrogen) atoms. The summed E-state index contributed by atoms with van der Waals surface area (Å²) in [6.45, 7) is 0. The zero-order chi connectivity index (χ0) is 37.9. The van der Waals surface area contributed by atoms with Crippen molar-refractivity contribution in [2.45, 2.75) is 12.0 Å². The Balaban J connectivity index is 1.05. The Bertz CT molecular complexity index is 3450. The molecule has 1 aliphatic heterocycles. The largest absolute Gasteiger partial charge is 0.333 e. The van der Waals surface area contributed by atoms with Crippen molar-refractivity contribution >= 4 is 88.3 Å². The summed E-state index contributed by atoms with van der Waals surface area (Å²) in [7, 11) is 0. The summed E-state index contributed by atoms with van der Waals surface area (Å²) in [6.07, 6.45) is 9.09. The second-order valence-corrected chi connectivity index (χ2v) is 15.7. The summed E-state index contributed by atoms with van der Waals surface area (Å²) in [5, 5.41) is 7.65. The predicted molar refractivity (Wildman–Crippen MR) is 244 cm³/mol. The van der Waals surface area contributed by atoms with E-state index in [1.807, 2.05) is 0 Å². The third-order valence-corrected chi connectivity index (χ3v) is 12.7. The quantitative estimate of drug-likeness (QED) is 0.175. The Hall–Kier alpha value is -7.56. The monoisotopic (exact) mass is 740 g/mol. The van der Waals surface area contributed by atoms with E-state index in [9.17, 15) is 0 Å². The first-order valence-corrected chi connectivity index (χ1v) is 20.2. The number of hydrogen-bond donors (Lipinski definition) is 0. The molecule has 3 aromatic heterocycles. The number of fused-ring (bicyclic) bond motifs is 12. The van der Waals surface area contributed by atoms with Crippen LogP contribution < -0.4 is 9.80 Å². The van der Waals surface area contributed by atoms with Crippen LogP contribution in [0.25, 0.3) is 65.6 Å². The molecule has 13 rings (SSSR count). The van der Waals surface area contributed by atoms with Crippen molar-refractivity contribution in [1.29, 1.82) is 0 Å². The molecule has 2 aliphatic rings. The summed E-state index contributed by atoms with van der Waals surface area (Å²) in [4.78, 5) is 4.97. The first kappa shape index (κ1) is 31.6. The Morgan fingerprint density at radius 3 is 1.71 bits per heavy atom. The van der Waals surface area contributed by atoms with Crippen molar-refractivity contribution in [2.75, 3.05) is 9.80 Å². The van der Waals surface area contributed by atoms with Gasteiger partial charge in [-0.2, -0.15) is 0 Å². The van der Waals surface area contributed by atoms with E-state index in [4.69, 9.17) is 0 Å². The summed E-state index contributed by atoms with van der Waals surface area (Å²) in [5.74, 6) is 0.315. The Kier molecular flexibility index (Phi) is 6.53. The highest BCUT2D eigenvalue weighted by atomic mass is 15.2. The minimum Gasteiger partial charge on any atom is -0.333 e. The molecule has 0 fully saturated rings. The van der Waals surface area contributed by atoms with E-state index in [1.165, 1.54) is 76.8 Å². The number of aromatic nitrogens is 2. The highest BCUT2D eigenvalue weighted by Crippen LogP contribution is 2.49. The van der Waals surface area contributed by atoms with Crippen LogP contribution in [0.3, 0.4) is 0 Å². The van der Waals surface area contributed by atoms with Gasteiger partial charge in [-0.05, 0) is 78.4 Å². The lowest BCUT2D eigenvalue weighted by Gasteiger charge is -2.31. The van der Waals surface area contributed by atoms with E-state index < -0.39 is 0 Å². The molecular formula is C54H36N4. The number of benzene rings is 8. The first-order chi connectivity index (χ1) is 28.8. The van der Waals surface area contributed by atoms with E-state index in [2.05, 4.69) is 225 Å². The SMILES string of the molecule is C1=CC2c3ccccc3N(c3cccc(N(c4cccc(-n5c6ccccc6c6ccccc65)c4)c4ccc5c6cccc7c8ccccc8n(c5c4)c76)c3)C2C=C1. The van der Waals surface area contributed by atoms with Gasteiger partial charge in [0.15, 0.2) is 0 Å². The Morgan fingerprint density at radius 2 is 0.948 bits per heavy atom. The average Bonchev–Trinajstić information content (AvgIpc) is 4.01. The van der Waals surface area contributed by atoms with E-state index in [-0.39, 0.29) is 6.04 Å². The molecule has 2 unspecified atom stereocenters. The zero-order valence-electron chi connectivity index (χ0n) is 31.6. The lowest BCUT2D eigenvalue weighted by atomic mass is 9.91. The maximum absolute atomic E-state index is 2.53. The second kappa shape index (κ2) is 12.0. The molecular weight excluding hydrogens is 705 g/mol. The van der Waals surface area contributed by atoms with Crippen molar-refractivity contribution in [3.05, 3.63) is 212 Å². The van der Waals surface area contributed by atoms with Crippen LogP contribution in [0.2, 0.25) is 0 Å². The molecule has 272 valence electrons. The van der Waals surface area contributed by atoms with Crippen LogP contribution >= 0.6 is 0 Å². The summed E-state index contributed by atoms with van der Waals surface area (Å²) < 4.78 is 4.89. The van der Waals surface area contributed by atoms with Crippen LogP contribution in [0.15, 0.2) is 206 Å². The molecule has 4 heteroatoms. The third-order valence-electron chi connectivity index (χ3n) is 12.7. The van der Waals surface area contributed by atoms with E-state index >= 15 is 0 Å². The molecule has 2 atom stereocenters. The standard InChI is InChI=1S/C54H36N4/c1-6-25-48-40(18-1)41-19-2-7-26-49(41)56(48)37-16-11-14-35(32-37)55(36-15-12-17-38(33-36)57-50-27-8-3-20-42(50)43-21-4-9-28-51(43)57)39-30-31-45-47-24-13-23-46-44-22-5-10-29-52(44)58(54(46)47)53(45)34-39/h1-34,40,48H. The lowest BCUT2D eigenvalue weighted by Crippen LogP contribution is -2.28. The van der Waals surface area contributed by atoms with Gasteiger partial charge in [0, 0.05) is 72.4 Å². The van der Waals surface area contributed by atoms with Gasteiger partial charge in [0.2, 0.25) is 0 Å². The molecule has 0 bridgehead atoms. The molecule has 4 heterocycles. The zero-order valence-corrected chi connectivity index (χ0v) is 31.6. The molecule has 0 saturated heterocycles. The van der Waals surface area contributed by atoms with E-state index in [0.29, 0.717) is 5.92 Å². The van der Waals surface area contributed by atoms with Crippen LogP contribution in [0.5, 0.6) is 0 Å². The number of anilines is 5. The maximum atomic E-state index is 2.53. The maximum Gasteiger partial charge on any atom is 0.0629 e. The highest BCUT2D eigenvalue weighted by Gasteiger charge is 2.37. The predicted octanol–water partition coefficient (Wildman–Crippen LogP) is 14.1. The van der Waals surface area contributed by atoms with Crippen LogP contribution in [0.4, 0.5) is 28.4 Å². The molecule has 0 radical (unpaired) electrons. The summed E-state index contributed by atoms with van der Waals surface area (Å²) in [6, 6.07) is 67.4. The van der Waals surface area contributed by atoms with Gasteiger partial charge in [-0.25, -0.2) is 0 Å². The van der Waals surface area contributed by atoms with Crippen molar-refractivity contribution in [3.8, 4) is 5.69 Å². The molecule has 1 aliphatic carbocycles. The van der Waals surface area contributed by atoms with E-state index in [1.54, 1.807) is 0 Å². The number of rotatable bonds is 5. The van der Waals surface area contributed by atoms with Gasteiger partial charge in [-0.1, -0.05) is 133 Å². The Labute approximate surface area is 335 Å². The van der Waals surface area contributed by atoms with Gasteiger partial charge in [-0.3, -0.25) is 0 Å². The molecule has 4 nitrogen and oxygen atoms in total.